The number of nitrogens with zero attached hydrogens (tertiary/aromatic N) is 4. The fourth-order valence-electron chi connectivity index (χ4n) is 3.71. The van der Waals surface area contributed by atoms with Crippen LogP contribution in [-0.4, -0.2) is 79.1 Å². The van der Waals surface area contributed by atoms with Crippen molar-refractivity contribution in [3.63, 3.8) is 0 Å². The molecule has 3 heterocycles. The van der Waals surface area contributed by atoms with E-state index in [-0.39, 0.29) is 0 Å². The summed E-state index contributed by atoms with van der Waals surface area (Å²) in [5.74, 6) is -0.802. The molecule has 0 radical (unpaired) electrons. The van der Waals surface area contributed by atoms with Gasteiger partial charge in [0.1, 0.15) is 0 Å². The summed E-state index contributed by atoms with van der Waals surface area (Å²) in [6.45, 7) is 6.56. The molecule has 0 spiro atoms. The second-order valence-electron chi connectivity index (χ2n) is 7.03. The number of hydrogen-bond donors (Lipinski definition) is 0. The number of pyridine rings is 1. The molecule has 0 aliphatic carbocycles. The highest BCUT2D eigenvalue weighted by molar-refractivity contribution is 6.35. The number of morpholine rings is 1. The van der Waals surface area contributed by atoms with Crippen LogP contribution in [-0.2, 0) is 14.3 Å². The highest BCUT2D eigenvalue weighted by atomic mass is 16.5. The minimum absolute atomic E-state index is 0.396. The Balaban J connectivity index is 1.44. The van der Waals surface area contributed by atoms with Gasteiger partial charge in [0.25, 0.3) is 0 Å². The van der Waals surface area contributed by atoms with E-state index in [9.17, 15) is 9.59 Å². The van der Waals surface area contributed by atoms with E-state index in [4.69, 9.17) is 4.74 Å². The maximum absolute atomic E-state index is 12.6. The van der Waals surface area contributed by atoms with Crippen LogP contribution in [0.2, 0.25) is 0 Å². The zero-order chi connectivity index (χ0) is 18.8. The van der Waals surface area contributed by atoms with Crippen molar-refractivity contribution in [2.75, 3.05) is 57.4 Å². The van der Waals surface area contributed by atoms with Gasteiger partial charge < -0.3 is 19.4 Å². The number of benzene rings is 1. The molecule has 2 aromatic rings. The second-order valence-corrected chi connectivity index (χ2v) is 7.03. The van der Waals surface area contributed by atoms with Gasteiger partial charge in [-0.25, -0.2) is 0 Å². The minimum Gasteiger partial charge on any atom is -0.378 e. The lowest BCUT2D eigenvalue weighted by Gasteiger charge is -2.37. The summed E-state index contributed by atoms with van der Waals surface area (Å²) >= 11 is 0. The van der Waals surface area contributed by atoms with E-state index in [1.54, 1.807) is 9.80 Å². The van der Waals surface area contributed by atoms with Crippen molar-refractivity contribution >= 4 is 28.4 Å². The lowest BCUT2D eigenvalue weighted by molar-refractivity contribution is -0.154. The number of anilines is 1. The van der Waals surface area contributed by atoms with Crippen molar-refractivity contribution in [1.82, 2.24) is 14.8 Å². The van der Waals surface area contributed by atoms with Crippen molar-refractivity contribution in [2.24, 2.45) is 0 Å². The van der Waals surface area contributed by atoms with Crippen LogP contribution in [0.5, 0.6) is 0 Å². The normalized spacial score (nSPS) is 18.0. The largest absolute Gasteiger partial charge is 0.378 e. The van der Waals surface area contributed by atoms with Crippen LogP contribution < -0.4 is 4.90 Å². The Labute approximate surface area is 158 Å². The molecule has 2 aliphatic heterocycles. The van der Waals surface area contributed by atoms with E-state index in [0.29, 0.717) is 52.5 Å². The SMILES string of the molecule is Cc1ccc2nccc(N3CCN(C(=O)C(=O)N4CCOCC4)CC3)c2c1. The lowest BCUT2D eigenvalue weighted by atomic mass is 10.1. The Bertz CT molecular complexity index is 855. The van der Waals surface area contributed by atoms with Crippen molar-refractivity contribution < 1.29 is 14.3 Å². The zero-order valence-corrected chi connectivity index (χ0v) is 15.6. The minimum atomic E-state index is -0.406. The Morgan fingerprint density at radius 1 is 0.926 bits per heavy atom. The molecule has 1 aromatic heterocycles. The Morgan fingerprint density at radius 2 is 1.59 bits per heavy atom. The number of ether oxygens (including phenoxy) is 1. The molecule has 27 heavy (non-hydrogen) atoms. The molecular weight excluding hydrogens is 344 g/mol. The average molecular weight is 368 g/mol. The molecule has 0 unspecified atom stereocenters. The molecule has 1 aromatic carbocycles. The summed E-state index contributed by atoms with van der Waals surface area (Å²) in [6, 6.07) is 8.27. The van der Waals surface area contributed by atoms with Crippen LogP contribution >= 0.6 is 0 Å². The van der Waals surface area contributed by atoms with Gasteiger partial charge in [-0.05, 0) is 25.1 Å². The van der Waals surface area contributed by atoms with Crippen LogP contribution in [0.4, 0.5) is 5.69 Å². The third kappa shape index (κ3) is 3.60. The summed E-state index contributed by atoms with van der Waals surface area (Å²) in [7, 11) is 0. The standard InChI is InChI=1S/C20H24N4O3/c1-15-2-3-17-16(14-15)18(4-5-21-17)22-6-8-23(9-7-22)19(25)20(26)24-10-12-27-13-11-24/h2-5,14H,6-13H2,1H3. The molecule has 7 heteroatoms. The maximum Gasteiger partial charge on any atom is 0.312 e. The topological polar surface area (TPSA) is 66.0 Å². The number of rotatable bonds is 1. The number of hydrogen-bond acceptors (Lipinski definition) is 5. The van der Waals surface area contributed by atoms with Crippen LogP contribution in [0.3, 0.4) is 0 Å². The third-order valence-electron chi connectivity index (χ3n) is 5.26. The Morgan fingerprint density at radius 3 is 2.30 bits per heavy atom. The van der Waals surface area contributed by atoms with E-state index < -0.39 is 11.8 Å². The van der Waals surface area contributed by atoms with Crippen LogP contribution in [0.15, 0.2) is 30.5 Å². The maximum atomic E-state index is 12.6. The van der Waals surface area contributed by atoms with E-state index in [1.807, 2.05) is 18.3 Å². The first-order chi connectivity index (χ1) is 13.1. The molecule has 7 nitrogen and oxygen atoms in total. The van der Waals surface area contributed by atoms with Crippen LogP contribution in [0.25, 0.3) is 10.9 Å². The predicted molar refractivity (Wildman–Crippen MR) is 103 cm³/mol. The van der Waals surface area contributed by atoms with Gasteiger partial charge in [-0.15, -0.1) is 0 Å². The van der Waals surface area contributed by atoms with Crippen molar-refractivity contribution in [1.29, 1.82) is 0 Å². The molecule has 2 amide bonds. The third-order valence-corrected chi connectivity index (χ3v) is 5.26. The highest BCUT2D eigenvalue weighted by Gasteiger charge is 2.30. The van der Waals surface area contributed by atoms with Gasteiger partial charge in [0, 0.05) is 56.5 Å². The van der Waals surface area contributed by atoms with Gasteiger partial charge in [0.2, 0.25) is 0 Å². The van der Waals surface area contributed by atoms with Gasteiger partial charge in [-0.1, -0.05) is 11.6 Å². The fraction of sp³-hybridized carbons (Fsp3) is 0.450. The van der Waals surface area contributed by atoms with Crippen molar-refractivity contribution in [3.8, 4) is 0 Å². The van der Waals surface area contributed by atoms with Crippen LogP contribution in [0.1, 0.15) is 5.56 Å². The first-order valence-corrected chi connectivity index (χ1v) is 9.40. The molecule has 2 saturated heterocycles. The van der Waals surface area contributed by atoms with E-state index in [1.165, 1.54) is 5.56 Å². The highest BCUT2D eigenvalue weighted by Crippen LogP contribution is 2.27. The summed E-state index contributed by atoms with van der Waals surface area (Å²) < 4.78 is 5.25. The quantitative estimate of drug-likeness (QED) is 0.704. The first kappa shape index (κ1) is 17.7. The van der Waals surface area contributed by atoms with Crippen LogP contribution in [0, 0.1) is 6.92 Å². The van der Waals surface area contributed by atoms with E-state index in [0.717, 1.165) is 16.6 Å². The molecule has 4 rings (SSSR count). The Hall–Kier alpha value is -2.67. The Kier molecular flexibility index (Phi) is 4.94. The smallest absolute Gasteiger partial charge is 0.312 e. The van der Waals surface area contributed by atoms with Gasteiger partial charge in [-0.3, -0.25) is 14.6 Å². The lowest BCUT2D eigenvalue weighted by Crippen LogP contribution is -2.54. The molecule has 142 valence electrons. The number of fused-ring (bicyclic) bond motifs is 1. The van der Waals surface area contributed by atoms with E-state index in [2.05, 4.69) is 28.9 Å². The average Bonchev–Trinajstić information content (AvgIpc) is 2.73. The monoisotopic (exact) mass is 368 g/mol. The number of carbonyl (C=O) groups excluding carboxylic acids is 2. The molecule has 0 bridgehead atoms. The summed E-state index contributed by atoms with van der Waals surface area (Å²) in [5.41, 5.74) is 3.30. The summed E-state index contributed by atoms with van der Waals surface area (Å²) in [4.78, 5) is 35.0. The van der Waals surface area contributed by atoms with Gasteiger partial charge in [0.05, 0.1) is 18.7 Å². The second kappa shape index (κ2) is 7.52. The van der Waals surface area contributed by atoms with Gasteiger partial charge >= 0.3 is 11.8 Å². The number of amides is 2. The summed E-state index contributed by atoms with van der Waals surface area (Å²) in [6.07, 6.45) is 1.83. The summed E-state index contributed by atoms with van der Waals surface area (Å²) in [5, 5.41) is 1.13. The van der Waals surface area contributed by atoms with Gasteiger partial charge in [0.15, 0.2) is 0 Å². The molecule has 2 aliphatic rings. The van der Waals surface area contributed by atoms with E-state index >= 15 is 0 Å². The zero-order valence-electron chi connectivity index (χ0n) is 15.6. The molecule has 0 saturated carbocycles. The number of aromatic nitrogens is 1. The molecular formula is C20H24N4O3. The first-order valence-electron chi connectivity index (χ1n) is 9.40. The molecule has 0 N–H and O–H groups in total. The fourth-order valence-corrected chi connectivity index (χ4v) is 3.71. The molecule has 2 fully saturated rings. The van der Waals surface area contributed by atoms with Crippen molar-refractivity contribution in [2.45, 2.75) is 6.92 Å². The number of carbonyl (C=O) groups is 2. The predicted octanol–water partition coefficient (Wildman–Crippen LogP) is 1.05. The number of piperazine rings is 1. The van der Waals surface area contributed by atoms with Crippen molar-refractivity contribution in [3.05, 3.63) is 36.0 Å². The molecule has 0 atom stereocenters. The number of aryl methyl sites for hydroxylation is 1. The van der Waals surface area contributed by atoms with Gasteiger partial charge in [-0.2, -0.15) is 0 Å².